The normalized spacial score (nSPS) is 11.0. The second-order valence-corrected chi connectivity index (χ2v) is 13.9. The molecular weight excluding hydrogens is 677 g/mol. The van der Waals surface area contributed by atoms with E-state index < -0.39 is 0 Å². The molecule has 0 aliphatic heterocycles. The van der Waals surface area contributed by atoms with Crippen LogP contribution in [0.25, 0.3) is 22.3 Å². The van der Waals surface area contributed by atoms with Crippen LogP contribution in [0, 0.1) is 26.0 Å². The summed E-state index contributed by atoms with van der Waals surface area (Å²) >= 11 is 0. The number of benzene rings is 7. The van der Waals surface area contributed by atoms with Crippen molar-refractivity contribution in [3.8, 4) is 11.1 Å². The van der Waals surface area contributed by atoms with E-state index in [4.69, 9.17) is 0 Å². The first-order valence-corrected chi connectivity index (χ1v) is 19.0. The highest BCUT2D eigenvalue weighted by Gasteiger charge is 2.15. The van der Waals surface area contributed by atoms with Crippen LogP contribution in [0.2, 0.25) is 0 Å². The van der Waals surface area contributed by atoms with E-state index in [0.29, 0.717) is 0 Å². The third kappa shape index (κ3) is 8.24. The van der Waals surface area contributed by atoms with Gasteiger partial charge in [0.25, 0.3) is 0 Å². The maximum Gasteiger partial charge on any atom is 0.0458 e. The molecule has 0 radical (unpaired) electrons. The molecule has 56 heavy (non-hydrogen) atoms. The lowest BCUT2D eigenvalue weighted by molar-refractivity contribution is 1.26. The average molecular weight is 719 g/mol. The second kappa shape index (κ2) is 16.8. The molecular formula is C54H42N2. The maximum absolute atomic E-state index is 3.34. The number of rotatable bonds is 11. The second-order valence-electron chi connectivity index (χ2n) is 13.9. The highest BCUT2D eigenvalue weighted by molar-refractivity contribution is 5.86. The number of nitrogens with zero attached hydrogens (tertiary/aromatic N) is 2. The molecule has 0 aromatic heterocycles. The van der Waals surface area contributed by atoms with Crippen LogP contribution in [0.5, 0.6) is 0 Å². The molecule has 2 heteroatoms. The zero-order valence-electron chi connectivity index (χ0n) is 31.7. The Hall–Kier alpha value is -7.34. The maximum atomic E-state index is 3.34. The van der Waals surface area contributed by atoms with Gasteiger partial charge in [-0.15, -0.1) is 0 Å². The molecule has 0 unspecified atom stereocenters. The Labute approximate surface area is 331 Å². The van der Waals surface area contributed by atoms with E-state index in [2.05, 4.69) is 242 Å². The summed E-state index contributed by atoms with van der Waals surface area (Å²) in [5.41, 5.74) is 15.7. The minimum absolute atomic E-state index is 0.988. The van der Waals surface area contributed by atoms with Gasteiger partial charge in [-0.3, -0.25) is 0 Å². The number of hydrogen-bond acceptors (Lipinski definition) is 2. The summed E-state index contributed by atoms with van der Waals surface area (Å²) in [4.78, 5) is 4.57. The van der Waals surface area contributed by atoms with Crippen LogP contribution >= 0.6 is 0 Å². The summed E-state index contributed by atoms with van der Waals surface area (Å²) in [6.07, 6.45) is 4.49. The van der Waals surface area contributed by atoms with Crippen molar-refractivity contribution in [1.29, 1.82) is 0 Å². The van der Waals surface area contributed by atoms with Crippen molar-refractivity contribution in [1.82, 2.24) is 0 Å². The fourth-order valence-electron chi connectivity index (χ4n) is 7.02. The number of hydrogen-bond donors (Lipinski definition) is 0. The van der Waals surface area contributed by atoms with Gasteiger partial charge in [0.05, 0.1) is 0 Å². The number of anilines is 4. The Morgan fingerprint density at radius 2 is 0.821 bits per heavy atom. The first kappa shape index (κ1) is 35.7. The zero-order valence-corrected chi connectivity index (χ0v) is 31.7. The Bertz CT molecular complexity index is 2290. The predicted octanol–water partition coefficient (Wildman–Crippen LogP) is 14.0. The van der Waals surface area contributed by atoms with Crippen LogP contribution in [0.4, 0.5) is 22.7 Å². The molecule has 0 spiro atoms. The van der Waals surface area contributed by atoms with Gasteiger partial charge in [0, 0.05) is 51.9 Å². The van der Waals surface area contributed by atoms with Crippen LogP contribution in [-0.2, 0) is 0 Å². The zero-order chi connectivity index (χ0) is 38.1. The quantitative estimate of drug-likeness (QED) is 0.131. The molecule has 0 N–H and O–H groups in total. The molecule has 0 atom stereocenters. The van der Waals surface area contributed by atoms with Crippen LogP contribution in [0.1, 0.15) is 33.4 Å². The summed E-state index contributed by atoms with van der Waals surface area (Å²) in [7, 11) is 0. The fraction of sp³-hybridized carbons (Fsp3) is 0.0370. The van der Waals surface area contributed by atoms with Crippen molar-refractivity contribution in [3.63, 3.8) is 0 Å². The van der Waals surface area contributed by atoms with Gasteiger partial charge in [-0.05, 0) is 113 Å². The van der Waals surface area contributed by atoms with Gasteiger partial charge in [0.1, 0.15) is 0 Å². The Morgan fingerprint density at radius 1 is 0.393 bits per heavy atom. The lowest BCUT2D eigenvalue weighted by atomic mass is 9.98. The van der Waals surface area contributed by atoms with Gasteiger partial charge in [0.15, 0.2) is 0 Å². The van der Waals surface area contributed by atoms with Gasteiger partial charge < -0.3 is 9.80 Å². The van der Waals surface area contributed by atoms with E-state index in [1.165, 1.54) is 22.3 Å². The molecule has 0 heterocycles. The van der Waals surface area contributed by atoms with Crippen molar-refractivity contribution < 1.29 is 0 Å². The van der Waals surface area contributed by atoms with Crippen LogP contribution in [0.3, 0.4) is 0 Å². The summed E-state index contributed by atoms with van der Waals surface area (Å²) in [6.45, 7) is 4.28. The minimum Gasteiger partial charge on any atom is -0.317 e. The van der Waals surface area contributed by atoms with Crippen molar-refractivity contribution in [2.75, 3.05) is 9.80 Å². The third-order valence-corrected chi connectivity index (χ3v) is 9.89. The molecule has 8 aromatic rings. The van der Waals surface area contributed by atoms with Gasteiger partial charge in [-0.1, -0.05) is 158 Å². The van der Waals surface area contributed by atoms with E-state index in [1.807, 2.05) is 12.1 Å². The first-order valence-electron chi connectivity index (χ1n) is 19.0. The molecule has 0 aliphatic carbocycles. The molecule has 0 bridgehead atoms. The fourth-order valence-corrected chi connectivity index (χ4v) is 7.02. The Kier molecular flexibility index (Phi) is 10.7. The van der Waals surface area contributed by atoms with Crippen molar-refractivity contribution in [2.24, 2.45) is 0 Å². The van der Waals surface area contributed by atoms with Crippen LogP contribution in [0.15, 0.2) is 219 Å². The van der Waals surface area contributed by atoms with E-state index >= 15 is 0 Å². The van der Waals surface area contributed by atoms with E-state index in [-0.39, 0.29) is 0 Å². The SMILES string of the molecule is Cc1cccc(N(C=C(c2ccccc2)c2ccccc2)c2ccc(-c3ccc(N(/C=C(\c4c#cccc4)c4ccccc4)c4cccc(C)c4)cc3)cc2)c1. The van der Waals surface area contributed by atoms with Gasteiger partial charge in [-0.2, -0.15) is 0 Å². The van der Waals surface area contributed by atoms with Crippen molar-refractivity contribution in [3.05, 3.63) is 264 Å². The standard InChI is InChI=1S/C54H42N2/c1-41-17-15-27-51(37-41)55(39-53(45-19-7-3-8-20-45)46-21-9-4-10-22-46)49-33-29-43(30-34-49)44-31-35-50(36-32-44)56(52-28-16-18-42(2)38-52)40-54(47-23-11-5-12-24-47)48-25-13-6-14-26-48/h3-13,15-25,27-40H,1-2H3/b54-40-. The van der Waals surface area contributed by atoms with Crippen molar-refractivity contribution in [2.45, 2.75) is 13.8 Å². The molecule has 0 saturated carbocycles. The molecule has 8 aromatic carbocycles. The monoisotopic (exact) mass is 718 g/mol. The number of aryl methyl sites for hydroxylation is 2. The molecule has 2 nitrogen and oxygen atoms in total. The van der Waals surface area contributed by atoms with E-state index in [1.54, 1.807) is 0 Å². The molecule has 0 saturated heterocycles. The Morgan fingerprint density at radius 3 is 1.23 bits per heavy atom. The Balaban J connectivity index is 1.16. The molecule has 0 fully saturated rings. The van der Waals surface area contributed by atoms with Gasteiger partial charge in [-0.25, -0.2) is 0 Å². The molecule has 0 amide bonds. The lowest BCUT2D eigenvalue weighted by Crippen LogP contribution is -2.10. The summed E-state index contributed by atoms with van der Waals surface area (Å²) in [5, 5.41) is 0. The van der Waals surface area contributed by atoms with Crippen molar-refractivity contribution >= 4 is 33.9 Å². The van der Waals surface area contributed by atoms with E-state index in [0.717, 1.165) is 56.1 Å². The predicted molar refractivity (Wildman–Crippen MR) is 236 cm³/mol. The minimum atomic E-state index is 0.988. The van der Waals surface area contributed by atoms with Crippen LogP contribution in [-0.4, -0.2) is 0 Å². The lowest BCUT2D eigenvalue weighted by Gasteiger charge is -2.24. The summed E-state index contributed by atoms with van der Waals surface area (Å²) < 4.78 is 0. The first-order chi connectivity index (χ1) is 27.6. The molecule has 8 rings (SSSR count). The van der Waals surface area contributed by atoms with E-state index in [9.17, 15) is 0 Å². The van der Waals surface area contributed by atoms with Gasteiger partial charge in [0.2, 0.25) is 0 Å². The highest BCUT2D eigenvalue weighted by Crippen LogP contribution is 2.36. The molecule has 268 valence electrons. The smallest absolute Gasteiger partial charge is 0.0458 e. The summed E-state index contributed by atoms with van der Waals surface area (Å²) in [5.74, 6) is 0. The average Bonchev–Trinajstić information content (AvgIpc) is 3.26. The topological polar surface area (TPSA) is 6.48 Å². The molecule has 0 aliphatic rings. The third-order valence-electron chi connectivity index (χ3n) is 9.89. The van der Waals surface area contributed by atoms with Gasteiger partial charge >= 0.3 is 0 Å². The summed E-state index contributed by atoms with van der Waals surface area (Å²) in [6, 6.07) is 79.3. The highest BCUT2D eigenvalue weighted by atomic mass is 15.1. The van der Waals surface area contributed by atoms with Crippen LogP contribution < -0.4 is 9.80 Å². The largest absolute Gasteiger partial charge is 0.317 e.